The van der Waals surface area contributed by atoms with Gasteiger partial charge in [0, 0.05) is 17.7 Å². The SMILES string of the molecule is Nc1c(-c2nc(-c3cccc([N+](=O)[O-])c3)no2)c(OCCO)nn1CCO. The average Bonchev–Trinajstić information content (AvgIpc) is 3.25. The number of nitrogens with two attached hydrogens (primary N) is 1. The number of nitro benzene ring substituents is 1. The van der Waals surface area contributed by atoms with E-state index in [0.717, 1.165) is 0 Å². The zero-order valence-electron chi connectivity index (χ0n) is 14.0. The first-order valence-electron chi connectivity index (χ1n) is 7.85. The van der Waals surface area contributed by atoms with E-state index in [2.05, 4.69) is 15.2 Å². The Labute approximate surface area is 151 Å². The number of aromatic nitrogens is 4. The van der Waals surface area contributed by atoms with Crippen LogP contribution in [0, 0.1) is 10.1 Å². The summed E-state index contributed by atoms with van der Waals surface area (Å²) in [6, 6.07) is 5.77. The number of rotatable bonds is 8. The molecule has 2 aromatic heterocycles. The fourth-order valence-corrected chi connectivity index (χ4v) is 2.36. The quantitative estimate of drug-likeness (QED) is 0.369. The van der Waals surface area contributed by atoms with Crippen molar-refractivity contribution >= 4 is 11.5 Å². The summed E-state index contributed by atoms with van der Waals surface area (Å²) in [5, 5.41) is 36.9. The first kappa shape index (κ1) is 18.3. The highest BCUT2D eigenvalue weighted by molar-refractivity contribution is 5.74. The monoisotopic (exact) mass is 376 g/mol. The zero-order valence-corrected chi connectivity index (χ0v) is 14.0. The lowest BCUT2D eigenvalue weighted by atomic mass is 10.2. The third kappa shape index (κ3) is 3.70. The molecule has 2 heterocycles. The second-order valence-electron chi connectivity index (χ2n) is 5.31. The Bertz CT molecular complexity index is 952. The van der Waals surface area contributed by atoms with Gasteiger partial charge < -0.3 is 25.2 Å². The minimum atomic E-state index is -0.526. The number of nitrogens with zero attached hydrogens (tertiary/aromatic N) is 5. The van der Waals surface area contributed by atoms with Crippen LogP contribution in [0.5, 0.6) is 5.88 Å². The molecule has 0 saturated carbocycles. The molecule has 0 spiro atoms. The fourth-order valence-electron chi connectivity index (χ4n) is 2.36. The van der Waals surface area contributed by atoms with Gasteiger partial charge >= 0.3 is 0 Å². The number of aliphatic hydroxyl groups excluding tert-OH is 2. The van der Waals surface area contributed by atoms with Crippen molar-refractivity contribution in [2.24, 2.45) is 0 Å². The number of nitro groups is 1. The van der Waals surface area contributed by atoms with Crippen molar-refractivity contribution in [3.8, 4) is 28.7 Å². The summed E-state index contributed by atoms with van der Waals surface area (Å²) >= 11 is 0. The lowest BCUT2D eigenvalue weighted by molar-refractivity contribution is -0.384. The highest BCUT2D eigenvalue weighted by Gasteiger charge is 2.24. The van der Waals surface area contributed by atoms with E-state index in [9.17, 15) is 10.1 Å². The molecular formula is C15H16N6O6. The summed E-state index contributed by atoms with van der Waals surface area (Å²) in [6.07, 6.45) is 0. The molecule has 3 aromatic rings. The molecule has 0 unspecified atom stereocenters. The molecule has 3 rings (SSSR count). The van der Waals surface area contributed by atoms with Crippen molar-refractivity contribution < 1.29 is 24.4 Å². The van der Waals surface area contributed by atoms with Crippen LogP contribution in [0.2, 0.25) is 0 Å². The Balaban J connectivity index is 2.00. The van der Waals surface area contributed by atoms with E-state index in [1.807, 2.05) is 0 Å². The number of anilines is 1. The topological polar surface area (TPSA) is 176 Å². The van der Waals surface area contributed by atoms with Gasteiger partial charge in [-0.05, 0) is 0 Å². The second-order valence-corrected chi connectivity index (χ2v) is 5.31. The molecule has 27 heavy (non-hydrogen) atoms. The molecule has 1 aromatic carbocycles. The number of ether oxygens (including phenoxy) is 1. The van der Waals surface area contributed by atoms with E-state index in [1.54, 1.807) is 6.07 Å². The van der Waals surface area contributed by atoms with Crippen LogP contribution in [-0.2, 0) is 6.54 Å². The van der Waals surface area contributed by atoms with Crippen LogP contribution in [0.1, 0.15) is 0 Å². The minimum Gasteiger partial charge on any atom is -0.474 e. The molecule has 12 nitrogen and oxygen atoms in total. The number of benzene rings is 1. The highest BCUT2D eigenvalue weighted by Crippen LogP contribution is 2.35. The summed E-state index contributed by atoms with van der Waals surface area (Å²) in [7, 11) is 0. The molecule has 0 amide bonds. The summed E-state index contributed by atoms with van der Waals surface area (Å²) in [5.41, 5.74) is 6.52. The Morgan fingerprint density at radius 3 is 2.85 bits per heavy atom. The Hall–Kier alpha value is -3.51. The predicted octanol–water partition coefficient (Wildman–Crippen LogP) is 0.454. The number of nitrogen functional groups attached to an aromatic ring is 1. The van der Waals surface area contributed by atoms with E-state index in [1.165, 1.54) is 22.9 Å². The fraction of sp³-hybridized carbons (Fsp3) is 0.267. The van der Waals surface area contributed by atoms with Crippen molar-refractivity contribution in [2.45, 2.75) is 6.54 Å². The number of hydrogen-bond acceptors (Lipinski definition) is 10. The molecule has 0 aliphatic carbocycles. The van der Waals surface area contributed by atoms with Crippen molar-refractivity contribution in [3.05, 3.63) is 34.4 Å². The van der Waals surface area contributed by atoms with Gasteiger partial charge in [0.25, 0.3) is 11.6 Å². The minimum absolute atomic E-state index is 0.00821. The molecule has 0 saturated heterocycles. The molecule has 0 aliphatic rings. The highest BCUT2D eigenvalue weighted by atomic mass is 16.6. The molecule has 4 N–H and O–H groups in total. The van der Waals surface area contributed by atoms with Gasteiger partial charge in [-0.1, -0.05) is 17.3 Å². The summed E-state index contributed by atoms with van der Waals surface area (Å²) in [6.45, 7) is -0.357. The van der Waals surface area contributed by atoms with Gasteiger partial charge in [-0.2, -0.15) is 4.98 Å². The van der Waals surface area contributed by atoms with Gasteiger partial charge in [0.1, 0.15) is 18.0 Å². The van der Waals surface area contributed by atoms with Gasteiger partial charge in [0.15, 0.2) is 0 Å². The van der Waals surface area contributed by atoms with Gasteiger partial charge in [-0.15, -0.1) is 5.10 Å². The number of non-ortho nitro benzene ring substituents is 1. The Kier molecular flexibility index (Phi) is 5.28. The normalized spacial score (nSPS) is 10.9. The van der Waals surface area contributed by atoms with Gasteiger partial charge in [0.05, 0.1) is 24.7 Å². The van der Waals surface area contributed by atoms with Crippen molar-refractivity contribution in [1.82, 2.24) is 19.9 Å². The van der Waals surface area contributed by atoms with E-state index in [0.29, 0.717) is 5.56 Å². The van der Waals surface area contributed by atoms with Gasteiger partial charge in [-0.25, -0.2) is 4.68 Å². The standard InChI is InChI=1S/C15H16N6O6/c16-12-11(15(26-7-6-23)18-20(12)4-5-22)14-17-13(19-27-14)9-2-1-3-10(8-9)21(24)25/h1-3,8,22-23H,4-7,16H2. The van der Waals surface area contributed by atoms with Crippen LogP contribution < -0.4 is 10.5 Å². The smallest absolute Gasteiger partial charge is 0.270 e. The first-order valence-corrected chi connectivity index (χ1v) is 7.85. The molecule has 12 heteroatoms. The van der Waals surface area contributed by atoms with Crippen LogP contribution in [-0.4, -0.2) is 54.9 Å². The maximum Gasteiger partial charge on any atom is 0.270 e. The molecule has 0 bridgehead atoms. The lowest BCUT2D eigenvalue weighted by Gasteiger charge is -2.00. The lowest BCUT2D eigenvalue weighted by Crippen LogP contribution is -2.08. The largest absolute Gasteiger partial charge is 0.474 e. The van der Waals surface area contributed by atoms with Crippen LogP contribution in [0.3, 0.4) is 0 Å². The third-order valence-electron chi connectivity index (χ3n) is 3.56. The maximum atomic E-state index is 10.9. The number of aliphatic hydroxyl groups is 2. The van der Waals surface area contributed by atoms with Crippen LogP contribution in [0.25, 0.3) is 22.8 Å². The Morgan fingerprint density at radius 2 is 2.15 bits per heavy atom. The van der Waals surface area contributed by atoms with Crippen molar-refractivity contribution in [3.63, 3.8) is 0 Å². The molecule has 0 aliphatic heterocycles. The van der Waals surface area contributed by atoms with E-state index in [-0.39, 0.29) is 61.0 Å². The predicted molar refractivity (Wildman–Crippen MR) is 91.7 cm³/mol. The van der Waals surface area contributed by atoms with E-state index in [4.69, 9.17) is 25.2 Å². The third-order valence-corrected chi connectivity index (χ3v) is 3.56. The van der Waals surface area contributed by atoms with Crippen molar-refractivity contribution in [1.29, 1.82) is 0 Å². The molecule has 142 valence electrons. The van der Waals surface area contributed by atoms with Crippen LogP contribution in [0.4, 0.5) is 11.5 Å². The zero-order chi connectivity index (χ0) is 19.4. The summed E-state index contributed by atoms with van der Waals surface area (Å²) in [4.78, 5) is 14.6. The van der Waals surface area contributed by atoms with Crippen LogP contribution >= 0.6 is 0 Å². The van der Waals surface area contributed by atoms with E-state index < -0.39 is 4.92 Å². The first-order chi connectivity index (χ1) is 13.0. The van der Waals surface area contributed by atoms with E-state index >= 15 is 0 Å². The maximum absolute atomic E-state index is 10.9. The average molecular weight is 376 g/mol. The van der Waals surface area contributed by atoms with Crippen molar-refractivity contribution in [2.75, 3.05) is 25.6 Å². The summed E-state index contributed by atoms with van der Waals surface area (Å²) in [5.74, 6) is 0.303. The summed E-state index contributed by atoms with van der Waals surface area (Å²) < 4.78 is 11.9. The van der Waals surface area contributed by atoms with Gasteiger partial charge in [-0.3, -0.25) is 10.1 Å². The number of hydrogen-bond donors (Lipinski definition) is 3. The molecule has 0 radical (unpaired) electrons. The molecule has 0 fully saturated rings. The molecular weight excluding hydrogens is 360 g/mol. The second kappa shape index (κ2) is 7.80. The van der Waals surface area contributed by atoms with Gasteiger partial charge in [0.2, 0.25) is 11.7 Å². The van der Waals surface area contributed by atoms with Crippen LogP contribution in [0.15, 0.2) is 28.8 Å². The molecule has 0 atom stereocenters. The Morgan fingerprint density at radius 1 is 1.33 bits per heavy atom.